The lowest BCUT2D eigenvalue weighted by Crippen LogP contribution is -2.29. The minimum atomic E-state index is -1.12. The first-order valence-electron chi connectivity index (χ1n) is 5.00. The summed E-state index contributed by atoms with van der Waals surface area (Å²) in [5.74, 6) is -0.626. The van der Waals surface area contributed by atoms with Crippen molar-refractivity contribution in [2.75, 3.05) is 5.32 Å². The first-order chi connectivity index (χ1) is 7.65. The number of thioether (sulfide) groups is 1. The molecule has 1 fully saturated rings. The van der Waals surface area contributed by atoms with E-state index >= 15 is 0 Å². The molecule has 0 aromatic carbocycles. The molecule has 1 aromatic rings. The van der Waals surface area contributed by atoms with Crippen molar-refractivity contribution in [3.63, 3.8) is 0 Å². The molecule has 1 aromatic heterocycles. The van der Waals surface area contributed by atoms with Gasteiger partial charge in [-0.2, -0.15) is 0 Å². The number of rotatable bonds is 2. The number of amides is 1. The number of hydrogen-bond acceptors (Lipinski definition) is 4. The van der Waals surface area contributed by atoms with Crippen LogP contribution in [0.15, 0.2) is 15.4 Å². The predicted molar refractivity (Wildman–Crippen MR) is 56.7 cm³/mol. The van der Waals surface area contributed by atoms with Crippen molar-refractivity contribution in [1.29, 1.82) is 0 Å². The van der Waals surface area contributed by atoms with Crippen molar-refractivity contribution in [1.82, 2.24) is 0 Å². The van der Waals surface area contributed by atoms with E-state index in [-0.39, 0.29) is 22.8 Å². The molecule has 84 valence electrons. The Labute approximate surface area is 95.2 Å². The van der Waals surface area contributed by atoms with Gasteiger partial charge in [0.05, 0.1) is 10.1 Å². The van der Waals surface area contributed by atoms with Gasteiger partial charge in [-0.1, -0.05) is 0 Å². The molecule has 1 unspecified atom stereocenters. The molecular weight excluding hydrogens is 230 g/mol. The van der Waals surface area contributed by atoms with Crippen molar-refractivity contribution in [2.45, 2.75) is 23.0 Å². The van der Waals surface area contributed by atoms with E-state index in [0.29, 0.717) is 10.8 Å². The number of aromatic carboxylic acids is 1. The standard InChI is InChI=1S/C10H9NO4S/c12-8-7(4-1-2-4)16-6-3-5(10(13)14)15-9(6)11-8/h3-4,7H,1-2H2,(H,11,12)(H,13,14). The fourth-order valence-corrected chi connectivity index (χ4v) is 3.02. The fourth-order valence-electron chi connectivity index (χ4n) is 1.74. The zero-order valence-electron chi connectivity index (χ0n) is 8.23. The monoisotopic (exact) mass is 239 g/mol. The first-order valence-corrected chi connectivity index (χ1v) is 5.88. The fraction of sp³-hybridized carbons (Fsp3) is 0.400. The molecule has 1 saturated carbocycles. The molecule has 6 heteroatoms. The van der Waals surface area contributed by atoms with Crippen LogP contribution in [0, 0.1) is 5.92 Å². The van der Waals surface area contributed by atoms with E-state index in [4.69, 9.17) is 9.52 Å². The molecule has 1 atom stereocenters. The maximum Gasteiger partial charge on any atom is 0.371 e. The molecule has 0 radical (unpaired) electrons. The summed E-state index contributed by atoms with van der Waals surface area (Å²) in [6.45, 7) is 0. The highest BCUT2D eigenvalue weighted by atomic mass is 32.2. The third-order valence-corrected chi connectivity index (χ3v) is 4.12. The van der Waals surface area contributed by atoms with Crippen LogP contribution in [0.2, 0.25) is 0 Å². The molecule has 1 amide bonds. The summed E-state index contributed by atoms with van der Waals surface area (Å²) in [6, 6.07) is 1.47. The van der Waals surface area contributed by atoms with E-state index in [0.717, 1.165) is 12.8 Å². The van der Waals surface area contributed by atoms with Gasteiger partial charge in [0, 0.05) is 6.07 Å². The molecule has 5 nitrogen and oxygen atoms in total. The number of hydrogen-bond donors (Lipinski definition) is 2. The number of carboxylic acids is 1. The molecular formula is C10H9NO4S. The zero-order chi connectivity index (χ0) is 11.3. The topological polar surface area (TPSA) is 79.5 Å². The summed E-state index contributed by atoms with van der Waals surface area (Å²) in [4.78, 5) is 23.1. The third-order valence-electron chi connectivity index (χ3n) is 2.71. The number of carboxylic acid groups (broad SMARTS) is 1. The van der Waals surface area contributed by atoms with Crippen molar-refractivity contribution in [3.05, 3.63) is 11.8 Å². The van der Waals surface area contributed by atoms with Gasteiger partial charge in [-0.3, -0.25) is 10.1 Å². The summed E-state index contributed by atoms with van der Waals surface area (Å²) in [6.07, 6.45) is 2.15. The Bertz CT molecular complexity index is 477. The quantitative estimate of drug-likeness (QED) is 0.822. The highest BCUT2D eigenvalue weighted by Gasteiger charge is 2.41. The first kappa shape index (κ1) is 9.77. The highest BCUT2D eigenvalue weighted by Crippen LogP contribution is 2.47. The van der Waals surface area contributed by atoms with Crippen LogP contribution >= 0.6 is 11.8 Å². The normalized spacial score (nSPS) is 23.8. The van der Waals surface area contributed by atoms with E-state index in [2.05, 4.69) is 5.32 Å². The van der Waals surface area contributed by atoms with Crippen LogP contribution in [0.1, 0.15) is 23.4 Å². The number of anilines is 1. The highest BCUT2D eigenvalue weighted by molar-refractivity contribution is 8.01. The molecule has 16 heavy (non-hydrogen) atoms. The molecule has 1 aliphatic carbocycles. The number of furan rings is 1. The lowest BCUT2D eigenvalue weighted by Gasteiger charge is -2.19. The maximum atomic E-state index is 11.7. The summed E-state index contributed by atoms with van der Waals surface area (Å²) in [7, 11) is 0. The van der Waals surface area contributed by atoms with Gasteiger partial charge in [-0.25, -0.2) is 4.79 Å². The van der Waals surface area contributed by atoms with Gasteiger partial charge in [0.25, 0.3) is 0 Å². The Morgan fingerprint density at radius 1 is 1.56 bits per heavy atom. The third kappa shape index (κ3) is 1.49. The summed E-state index contributed by atoms with van der Waals surface area (Å²) in [5.41, 5.74) is 0. The Hall–Kier alpha value is -1.43. The summed E-state index contributed by atoms with van der Waals surface area (Å²) in [5, 5.41) is 11.3. The van der Waals surface area contributed by atoms with E-state index in [9.17, 15) is 9.59 Å². The van der Waals surface area contributed by atoms with Crippen molar-refractivity contribution in [3.8, 4) is 0 Å². The molecule has 0 spiro atoms. The smallest absolute Gasteiger partial charge is 0.371 e. The van der Waals surface area contributed by atoms with Crippen LogP contribution in [-0.4, -0.2) is 22.2 Å². The Morgan fingerprint density at radius 2 is 2.31 bits per heavy atom. The second-order valence-corrected chi connectivity index (χ2v) is 5.16. The van der Waals surface area contributed by atoms with Gasteiger partial charge >= 0.3 is 5.97 Å². The summed E-state index contributed by atoms with van der Waals surface area (Å²) < 4.78 is 5.03. The predicted octanol–water partition coefficient (Wildman–Crippen LogP) is 1.80. The molecule has 1 aliphatic heterocycles. The van der Waals surface area contributed by atoms with Crippen molar-refractivity contribution in [2.24, 2.45) is 5.92 Å². The van der Waals surface area contributed by atoms with Crippen molar-refractivity contribution < 1.29 is 19.1 Å². The molecule has 0 saturated heterocycles. The lowest BCUT2D eigenvalue weighted by atomic mass is 10.2. The van der Waals surface area contributed by atoms with Crippen LogP contribution < -0.4 is 5.32 Å². The number of fused-ring (bicyclic) bond motifs is 1. The average Bonchev–Trinajstić information content (AvgIpc) is 2.97. The van der Waals surface area contributed by atoms with E-state index < -0.39 is 5.97 Å². The van der Waals surface area contributed by atoms with Crippen LogP contribution in [0.5, 0.6) is 0 Å². The second kappa shape index (κ2) is 3.28. The molecule has 2 N–H and O–H groups in total. The number of carbonyl (C=O) groups excluding carboxylic acids is 1. The van der Waals surface area contributed by atoms with Gasteiger partial charge in [-0.15, -0.1) is 11.8 Å². The Kier molecular flexibility index (Phi) is 2.00. The van der Waals surface area contributed by atoms with Gasteiger partial charge in [0.2, 0.25) is 17.6 Å². The van der Waals surface area contributed by atoms with E-state index in [1.165, 1.54) is 17.8 Å². The average molecular weight is 239 g/mol. The van der Waals surface area contributed by atoms with Gasteiger partial charge in [0.1, 0.15) is 0 Å². The molecule has 0 bridgehead atoms. The minimum absolute atomic E-state index is 0.0775. The van der Waals surface area contributed by atoms with Crippen LogP contribution in [0.3, 0.4) is 0 Å². The largest absolute Gasteiger partial charge is 0.475 e. The number of carbonyl (C=O) groups is 2. The second-order valence-electron chi connectivity index (χ2n) is 3.97. The summed E-state index contributed by atoms with van der Waals surface area (Å²) >= 11 is 1.40. The Balaban J connectivity index is 1.92. The van der Waals surface area contributed by atoms with E-state index in [1.807, 2.05) is 0 Å². The number of nitrogens with one attached hydrogen (secondary N) is 1. The molecule has 2 aliphatic rings. The maximum absolute atomic E-state index is 11.7. The Morgan fingerprint density at radius 3 is 2.94 bits per heavy atom. The zero-order valence-corrected chi connectivity index (χ0v) is 9.04. The van der Waals surface area contributed by atoms with Crippen LogP contribution in [0.25, 0.3) is 0 Å². The minimum Gasteiger partial charge on any atom is -0.475 e. The van der Waals surface area contributed by atoms with Crippen LogP contribution in [0.4, 0.5) is 5.88 Å². The van der Waals surface area contributed by atoms with Gasteiger partial charge in [0.15, 0.2) is 0 Å². The van der Waals surface area contributed by atoms with Crippen LogP contribution in [-0.2, 0) is 4.79 Å². The molecule has 3 rings (SSSR count). The van der Waals surface area contributed by atoms with Gasteiger partial charge < -0.3 is 9.52 Å². The SMILES string of the molecule is O=C(O)c1cc2c(o1)NC(=O)C(C1CC1)S2. The van der Waals surface area contributed by atoms with Crippen molar-refractivity contribution >= 4 is 29.5 Å². The van der Waals surface area contributed by atoms with E-state index in [1.54, 1.807) is 0 Å². The van der Waals surface area contributed by atoms with Gasteiger partial charge in [-0.05, 0) is 18.8 Å². The molecule has 2 heterocycles. The lowest BCUT2D eigenvalue weighted by molar-refractivity contribution is -0.116.